The first kappa shape index (κ1) is 22.6. The van der Waals surface area contributed by atoms with Crippen molar-refractivity contribution in [3.63, 3.8) is 0 Å². The number of aliphatic hydroxyl groups is 1. The van der Waals surface area contributed by atoms with E-state index in [0.717, 1.165) is 0 Å². The molecule has 0 heterocycles. The maximum absolute atomic E-state index is 10.8. The number of hydrogen-bond donors (Lipinski definition) is 7. The quantitative estimate of drug-likeness (QED) is 0.280. The predicted octanol–water partition coefficient (Wildman–Crippen LogP) is -1.37. The molecule has 0 spiro atoms. The van der Waals surface area contributed by atoms with Gasteiger partial charge in [0, 0.05) is 0 Å². The summed E-state index contributed by atoms with van der Waals surface area (Å²) in [6.45, 7) is 0. The number of carbonyl (C=O) groups is 3. The Morgan fingerprint density at radius 1 is 1.05 bits per heavy atom. The van der Waals surface area contributed by atoms with Gasteiger partial charge in [0.2, 0.25) is 0 Å². The number of phosphoric acid groups is 1. The van der Waals surface area contributed by atoms with Crippen molar-refractivity contribution >= 4 is 25.7 Å². The van der Waals surface area contributed by atoms with Gasteiger partial charge in [-0.3, -0.25) is 19.4 Å². The van der Waals surface area contributed by atoms with Crippen LogP contribution in [0.2, 0.25) is 0 Å². The fourth-order valence-corrected chi connectivity index (χ4v) is 1.20. The molecule has 0 rings (SSSR count). The van der Waals surface area contributed by atoms with Crippen LogP contribution < -0.4 is 12.3 Å². The van der Waals surface area contributed by atoms with Crippen LogP contribution in [0, 0.1) is 0 Å². The minimum atomic E-state index is -5.17. The average molecular weight is 306 g/mol. The summed E-state index contributed by atoms with van der Waals surface area (Å²) in [5, 5.41) is 26.1. The van der Waals surface area contributed by atoms with Gasteiger partial charge in [0.25, 0.3) is 0 Å². The number of aliphatic carboxylic acids is 2. The summed E-state index contributed by atoms with van der Waals surface area (Å²) in [6.07, 6.45) is -2.72. The summed E-state index contributed by atoms with van der Waals surface area (Å²) in [5.41, 5.74) is -2.99. The molecule has 114 valence electrons. The Morgan fingerprint density at radius 3 is 1.74 bits per heavy atom. The summed E-state index contributed by atoms with van der Waals surface area (Å²) in [4.78, 5) is 48.1. The fourth-order valence-electron chi connectivity index (χ4n) is 0.868. The van der Waals surface area contributed by atoms with E-state index in [0.29, 0.717) is 0 Å². The van der Waals surface area contributed by atoms with Crippen LogP contribution in [0.3, 0.4) is 0 Å². The summed E-state index contributed by atoms with van der Waals surface area (Å²) in [7, 11) is -5.17. The minimum Gasteiger partial charge on any atom is -0.481 e. The minimum absolute atomic E-state index is 0. The van der Waals surface area contributed by atoms with E-state index < -0.39 is 44.2 Å². The first-order chi connectivity index (χ1) is 7.46. The zero-order valence-electron chi connectivity index (χ0n) is 9.55. The molecule has 1 atom stereocenters. The van der Waals surface area contributed by atoms with Gasteiger partial charge in [0.1, 0.15) is 0 Å². The summed E-state index contributed by atoms with van der Waals surface area (Å²) >= 11 is 0. The molecule has 0 aliphatic rings. The van der Waals surface area contributed by atoms with Crippen LogP contribution in [0.15, 0.2) is 0 Å². The third kappa shape index (κ3) is 9.07. The van der Waals surface area contributed by atoms with Gasteiger partial charge in [-0.25, -0.2) is 9.36 Å². The van der Waals surface area contributed by atoms with Crippen LogP contribution in [-0.2, 0) is 23.5 Å². The van der Waals surface area contributed by atoms with E-state index in [2.05, 4.69) is 4.52 Å². The van der Waals surface area contributed by atoms with Crippen molar-refractivity contribution in [3.8, 4) is 0 Å². The molecule has 0 aromatic heterocycles. The second kappa shape index (κ2) is 7.78. The Hall–Kier alpha value is -1.56. The lowest BCUT2D eigenvalue weighted by Gasteiger charge is -2.20. The predicted molar refractivity (Wildman–Crippen MR) is 57.6 cm³/mol. The zero-order valence-corrected chi connectivity index (χ0v) is 10.4. The van der Waals surface area contributed by atoms with Gasteiger partial charge in [0.05, 0.1) is 12.8 Å². The first-order valence-corrected chi connectivity index (χ1v) is 5.45. The summed E-state index contributed by atoms with van der Waals surface area (Å²) in [5.74, 6) is -5.47. The van der Waals surface area contributed by atoms with E-state index in [4.69, 9.17) is 20.0 Å². The maximum atomic E-state index is 10.8. The molecule has 0 fully saturated rings. The van der Waals surface area contributed by atoms with E-state index in [9.17, 15) is 24.1 Å². The molecule has 0 radical (unpaired) electrons. The molecule has 0 aromatic carbocycles. The summed E-state index contributed by atoms with van der Waals surface area (Å²) in [6, 6.07) is 0. The number of phosphoric ester groups is 1. The molecule has 11 N–H and O–H groups in total. The lowest BCUT2D eigenvalue weighted by molar-refractivity contribution is -0.170. The van der Waals surface area contributed by atoms with Gasteiger partial charge in [-0.2, -0.15) is 0 Å². The molecule has 0 bridgehead atoms. The third-order valence-electron chi connectivity index (χ3n) is 1.50. The average Bonchev–Trinajstić information content (AvgIpc) is 1.96. The highest BCUT2D eigenvalue weighted by atomic mass is 31.2. The Morgan fingerprint density at radius 2 is 1.47 bits per heavy atom. The smallest absolute Gasteiger partial charge is 0.481 e. The van der Waals surface area contributed by atoms with Crippen LogP contribution in [0.5, 0.6) is 0 Å². The second-order valence-electron chi connectivity index (χ2n) is 3.04. The van der Waals surface area contributed by atoms with Crippen molar-refractivity contribution in [2.75, 3.05) is 0 Å². The Bertz CT molecular complexity index is 391. The van der Waals surface area contributed by atoms with Gasteiger partial charge in [-0.1, -0.05) is 0 Å². The molecule has 0 saturated carbocycles. The van der Waals surface area contributed by atoms with E-state index in [1.165, 1.54) is 0 Å². The van der Waals surface area contributed by atoms with Crippen LogP contribution >= 0.6 is 7.82 Å². The van der Waals surface area contributed by atoms with Crippen molar-refractivity contribution in [2.45, 2.75) is 18.4 Å². The maximum Gasteiger partial charge on any atom is 0.526 e. The molecular weight excluding hydrogens is 291 g/mol. The van der Waals surface area contributed by atoms with E-state index in [1.807, 2.05) is 0 Å². The third-order valence-corrected chi connectivity index (χ3v) is 1.94. The number of carbonyl (C=O) groups excluding carboxylic acids is 1. The summed E-state index contributed by atoms with van der Waals surface area (Å²) < 4.78 is 13.7. The molecule has 1 unspecified atom stereocenters. The van der Waals surface area contributed by atoms with Crippen LogP contribution in [0.1, 0.15) is 12.8 Å². The van der Waals surface area contributed by atoms with Crippen molar-refractivity contribution in [3.05, 3.63) is 0 Å². The highest BCUT2D eigenvalue weighted by molar-refractivity contribution is 7.46. The van der Waals surface area contributed by atoms with Crippen LogP contribution in [0.4, 0.5) is 0 Å². The normalized spacial score (nSPS) is 13.2. The van der Waals surface area contributed by atoms with E-state index >= 15 is 0 Å². The molecule has 0 aliphatic carbocycles. The monoisotopic (exact) mass is 306 g/mol. The number of carboxylic acids is 2. The number of hydrogen-bond acceptors (Lipinski definition) is 8. The largest absolute Gasteiger partial charge is 0.526 e. The Kier molecular flexibility index (Phi) is 9.26. The standard InChI is InChI=1S/C6H9O10P.2H3N/c7-3(8)1-6(12,5(10)11)2-4(9)16-17(13,14)15;;/h12H,1-2H2,(H,7,8)(H,10,11)(H2,13,14,15);2*1H3. The van der Waals surface area contributed by atoms with Gasteiger partial charge in [-0.15, -0.1) is 0 Å². The lowest BCUT2D eigenvalue weighted by Crippen LogP contribution is -2.43. The molecular formula is C6H15N2O10P. The topological polar surface area (TPSA) is 249 Å². The van der Waals surface area contributed by atoms with E-state index in [-0.39, 0.29) is 12.3 Å². The number of rotatable bonds is 6. The van der Waals surface area contributed by atoms with Gasteiger partial charge in [-0.05, 0) is 0 Å². The highest BCUT2D eigenvalue weighted by Crippen LogP contribution is 2.37. The molecule has 19 heavy (non-hydrogen) atoms. The molecule has 12 nitrogen and oxygen atoms in total. The first-order valence-electron chi connectivity index (χ1n) is 3.92. The Balaban J connectivity index is -0.00000128. The zero-order chi connectivity index (χ0) is 13.9. The van der Waals surface area contributed by atoms with Crippen molar-refractivity contribution < 1.29 is 48.6 Å². The SMILES string of the molecule is N.N.O=C(O)CC(O)(CC(=O)OP(=O)(O)O)C(=O)O. The fraction of sp³-hybridized carbons (Fsp3) is 0.500. The lowest BCUT2D eigenvalue weighted by atomic mass is 9.96. The van der Waals surface area contributed by atoms with Crippen molar-refractivity contribution in [2.24, 2.45) is 0 Å². The van der Waals surface area contributed by atoms with Crippen molar-refractivity contribution in [1.82, 2.24) is 12.3 Å². The van der Waals surface area contributed by atoms with Crippen LogP contribution in [0.25, 0.3) is 0 Å². The Labute approximate surface area is 106 Å². The molecule has 0 aliphatic heterocycles. The number of carboxylic acid groups (broad SMARTS) is 2. The molecule has 0 aromatic rings. The molecule has 0 amide bonds. The van der Waals surface area contributed by atoms with Crippen molar-refractivity contribution in [1.29, 1.82) is 0 Å². The van der Waals surface area contributed by atoms with Gasteiger partial charge < -0.3 is 32.1 Å². The van der Waals surface area contributed by atoms with Crippen LogP contribution in [-0.4, -0.2) is 48.6 Å². The molecule has 0 saturated heterocycles. The van der Waals surface area contributed by atoms with Gasteiger partial charge in [0.15, 0.2) is 5.60 Å². The highest BCUT2D eigenvalue weighted by Gasteiger charge is 2.42. The van der Waals surface area contributed by atoms with E-state index in [1.54, 1.807) is 0 Å². The molecule has 13 heteroatoms. The van der Waals surface area contributed by atoms with Gasteiger partial charge >= 0.3 is 25.7 Å². The second-order valence-corrected chi connectivity index (χ2v) is 4.20.